The SMILES string of the molecule is C/C(=C(/C)[C@@H](O)c1ccc2ccccc2c1)c1ccccc1. The van der Waals surface area contributed by atoms with E-state index in [1.165, 1.54) is 5.39 Å². The molecule has 0 aliphatic carbocycles. The van der Waals surface area contributed by atoms with E-state index < -0.39 is 6.10 Å². The summed E-state index contributed by atoms with van der Waals surface area (Å²) >= 11 is 0. The van der Waals surface area contributed by atoms with Gasteiger partial charge in [0.15, 0.2) is 0 Å². The Balaban J connectivity index is 1.99. The monoisotopic (exact) mass is 288 g/mol. The molecule has 0 bridgehead atoms. The van der Waals surface area contributed by atoms with Gasteiger partial charge in [-0.2, -0.15) is 0 Å². The lowest BCUT2D eigenvalue weighted by Gasteiger charge is -2.16. The highest BCUT2D eigenvalue weighted by Crippen LogP contribution is 2.30. The minimum atomic E-state index is -0.579. The minimum absolute atomic E-state index is 0.579. The summed E-state index contributed by atoms with van der Waals surface area (Å²) in [7, 11) is 0. The zero-order chi connectivity index (χ0) is 15.5. The molecule has 3 aromatic rings. The van der Waals surface area contributed by atoms with Crippen LogP contribution in [0.1, 0.15) is 31.1 Å². The molecule has 1 N–H and O–H groups in total. The standard InChI is InChI=1S/C21H20O/c1-15(17-8-4-3-5-9-17)16(2)21(22)20-13-12-18-10-6-7-11-19(18)14-20/h3-14,21-22H,1-2H3/b16-15+/t21-/m1/s1. The molecular weight excluding hydrogens is 268 g/mol. The average Bonchev–Trinajstić information content (AvgIpc) is 2.60. The van der Waals surface area contributed by atoms with Gasteiger partial charge in [-0.05, 0) is 53.0 Å². The van der Waals surface area contributed by atoms with Gasteiger partial charge in [-0.1, -0.05) is 66.7 Å². The van der Waals surface area contributed by atoms with Crippen molar-refractivity contribution < 1.29 is 5.11 Å². The number of rotatable bonds is 3. The molecule has 0 unspecified atom stereocenters. The van der Waals surface area contributed by atoms with Gasteiger partial charge >= 0.3 is 0 Å². The predicted octanol–water partition coefficient (Wildman–Crippen LogP) is 5.37. The summed E-state index contributed by atoms with van der Waals surface area (Å²) in [5, 5.41) is 13.1. The third-order valence-electron chi connectivity index (χ3n) is 4.30. The van der Waals surface area contributed by atoms with Crippen molar-refractivity contribution in [2.45, 2.75) is 20.0 Å². The van der Waals surface area contributed by atoms with E-state index in [1.807, 2.05) is 43.3 Å². The fraction of sp³-hybridized carbons (Fsp3) is 0.143. The second-order valence-corrected chi connectivity index (χ2v) is 5.68. The highest BCUT2D eigenvalue weighted by atomic mass is 16.3. The Hall–Kier alpha value is -2.38. The van der Waals surface area contributed by atoms with Crippen LogP contribution >= 0.6 is 0 Å². The topological polar surface area (TPSA) is 20.2 Å². The molecule has 0 aromatic heterocycles. The molecule has 0 radical (unpaired) electrons. The molecule has 0 aliphatic heterocycles. The van der Waals surface area contributed by atoms with Crippen molar-refractivity contribution in [3.05, 3.63) is 89.5 Å². The Morgan fingerprint density at radius 3 is 2.14 bits per heavy atom. The molecule has 1 nitrogen and oxygen atoms in total. The van der Waals surface area contributed by atoms with Gasteiger partial charge in [0.2, 0.25) is 0 Å². The van der Waals surface area contributed by atoms with Crippen molar-refractivity contribution in [2.24, 2.45) is 0 Å². The summed E-state index contributed by atoms with van der Waals surface area (Å²) in [5.74, 6) is 0. The van der Waals surface area contributed by atoms with Crippen LogP contribution in [-0.2, 0) is 0 Å². The summed E-state index contributed by atoms with van der Waals surface area (Å²) in [5.41, 5.74) is 4.20. The third kappa shape index (κ3) is 2.81. The van der Waals surface area contributed by atoms with E-state index in [4.69, 9.17) is 0 Å². The van der Waals surface area contributed by atoms with Gasteiger partial charge in [0.1, 0.15) is 6.10 Å². The molecule has 0 saturated heterocycles. The number of hydrogen-bond donors (Lipinski definition) is 1. The van der Waals surface area contributed by atoms with E-state index in [1.54, 1.807) is 0 Å². The largest absolute Gasteiger partial charge is 0.384 e. The zero-order valence-corrected chi connectivity index (χ0v) is 13.0. The van der Waals surface area contributed by atoms with Crippen LogP contribution in [0.4, 0.5) is 0 Å². The van der Waals surface area contributed by atoms with Crippen LogP contribution in [0, 0.1) is 0 Å². The molecule has 0 aliphatic rings. The average molecular weight is 288 g/mol. The van der Waals surface area contributed by atoms with Gasteiger partial charge in [0, 0.05) is 0 Å². The normalized spacial score (nSPS) is 13.8. The lowest BCUT2D eigenvalue weighted by Crippen LogP contribution is -2.01. The van der Waals surface area contributed by atoms with Gasteiger partial charge < -0.3 is 5.11 Å². The van der Waals surface area contributed by atoms with Gasteiger partial charge in [-0.15, -0.1) is 0 Å². The summed E-state index contributed by atoms with van der Waals surface area (Å²) < 4.78 is 0. The fourth-order valence-corrected chi connectivity index (χ4v) is 2.75. The van der Waals surface area contributed by atoms with Crippen LogP contribution in [0.2, 0.25) is 0 Å². The van der Waals surface area contributed by atoms with Crippen molar-refractivity contribution in [3.63, 3.8) is 0 Å². The number of aliphatic hydroxyl groups excluding tert-OH is 1. The Morgan fingerprint density at radius 1 is 0.773 bits per heavy atom. The second-order valence-electron chi connectivity index (χ2n) is 5.68. The van der Waals surface area contributed by atoms with Crippen LogP contribution in [0.25, 0.3) is 16.3 Å². The van der Waals surface area contributed by atoms with E-state index in [-0.39, 0.29) is 0 Å². The van der Waals surface area contributed by atoms with Crippen molar-refractivity contribution in [1.29, 1.82) is 0 Å². The predicted molar refractivity (Wildman–Crippen MR) is 93.6 cm³/mol. The Labute approximate surface area is 131 Å². The number of benzene rings is 3. The molecule has 22 heavy (non-hydrogen) atoms. The Bertz CT molecular complexity index is 815. The molecule has 3 rings (SSSR count). The van der Waals surface area contributed by atoms with Gasteiger partial charge in [0.25, 0.3) is 0 Å². The highest BCUT2D eigenvalue weighted by molar-refractivity contribution is 5.83. The number of fused-ring (bicyclic) bond motifs is 1. The molecule has 0 saturated carbocycles. The van der Waals surface area contributed by atoms with Crippen molar-refractivity contribution >= 4 is 16.3 Å². The van der Waals surface area contributed by atoms with Crippen LogP contribution in [-0.4, -0.2) is 5.11 Å². The van der Waals surface area contributed by atoms with E-state index >= 15 is 0 Å². The molecule has 1 atom stereocenters. The van der Waals surface area contributed by atoms with E-state index in [0.717, 1.165) is 27.7 Å². The van der Waals surface area contributed by atoms with Crippen LogP contribution < -0.4 is 0 Å². The summed E-state index contributed by atoms with van der Waals surface area (Å²) in [6.45, 7) is 4.07. The number of hydrogen-bond acceptors (Lipinski definition) is 1. The van der Waals surface area contributed by atoms with Crippen LogP contribution in [0.5, 0.6) is 0 Å². The first-order chi connectivity index (χ1) is 10.7. The maximum Gasteiger partial charge on any atom is 0.100 e. The summed E-state index contributed by atoms with van der Waals surface area (Å²) in [4.78, 5) is 0. The first-order valence-electron chi connectivity index (χ1n) is 7.56. The molecule has 0 heterocycles. The first kappa shape index (κ1) is 14.6. The van der Waals surface area contributed by atoms with Gasteiger partial charge in [-0.25, -0.2) is 0 Å². The first-order valence-corrected chi connectivity index (χ1v) is 7.56. The Kier molecular flexibility index (Phi) is 4.08. The molecular formula is C21H20O. The lowest BCUT2D eigenvalue weighted by molar-refractivity contribution is 0.216. The van der Waals surface area contributed by atoms with E-state index in [0.29, 0.717) is 0 Å². The lowest BCUT2D eigenvalue weighted by atomic mass is 9.94. The van der Waals surface area contributed by atoms with Crippen LogP contribution in [0.15, 0.2) is 78.4 Å². The van der Waals surface area contributed by atoms with E-state index in [2.05, 4.69) is 43.3 Å². The quantitative estimate of drug-likeness (QED) is 0.687. The maximum atomic E-state index is 10.7. The smallest absolute Gasteiger partial charge is 0.100 e. The Morgan fingerprint density at radius 2 is 1.41 bits per heavy atom. The minimum Gasteiger partial charge on any atom is -0.384 e. The highest BCUT2D eigenvalue weighted by Gasteiger charge is 2.13. The maximum absolute atomic E-state index is 10.7. The summed E-state index contributed by atoms with van der Waals surface area (Å²) in [6.07, 6.45) is -0.579. The molecule has 0 amide bonds. The summed E-state index contributed by atoms with van der Waals surface area (Å²) in [6, 6.07) is 24.6. The molecule has 1 heteroatoms. The van der Waals surface area contributed by atoms with Crippen molar-refractivity contribution in [1.82, 2.24) is 0 Å². The second kappa shape index (κ2) is 6.17. The van der Waals surface area contributed by atoms with Gasteiger partial charge in [-0.3, -0.25) is 0 Å². The number of allylic oxidation sites excluding steroid dienone is 1. The van der Waals surface area contributed by atoms with Gasteiger partial charge in [0.05, 0.1) is 0 Å². The van der Waals surface area contributed by atoms with E-state index in [9.17, 15) is 5.11 Å². The van der Waals surface area contributed by atoms with Crippen molar-refractivity contribution in [2.75, 3.05) is 0 Å². The fourth-order valence-electron chi connectivity index (χ4n) is 2.75. The van der Waals surface area contributed by atoms with Crippen LogP contribution in [0.3, 0.4) is 0 Å². The zero-order valence-electron chi connectivity index (χ0n) is 13.0. The third-order valence-corrected chi connectivity index (χ3v) is 4.30. The molecule has 0 fully saturated rings. The van der Waals surface area contributed by atoms with Crippen molar-refractivity contribution in [3.8, 4) is 0 Å². The molecule has 0 spiro atoms. The number of aliphatic hydroxyl groups is 1. The molecule has 110 valence electrons. The molecule has 3 aromatic carbocycles.